The van der Waals surface area contributed by atoms with Crippen LogP contribution in [-0.4, -0.2) is 18.7 Å². The number of aryl methyl sites for hydroxylation is 2. The third-order valence-electron chi connectivity index (χ3n) is 4.70. The molecule has 0 aliphatic heterocycles. The Morgan fingerprint density at radius 1 is 0.657 bits per heavy atom. The molecule has 0 saturated heterocycles. The summed E-state index contributed by atoms with van der Waals surface area (Å²) in [4.78, 5) is 23.2. The monoisotopic (exact) mass is 556 g/mol. The number of thiocyanates is 2. The third kappa shape index (κ3) is 8.99. The first-order valence-corrected chi connectivity index (χ1v) is 10.7. The van der Waals surface area contributed by atoms with Crippen LogP contribution in [0.15, 0.2) is 82.4 Å². The Labute approximate surface area is 228 Å². The van der Waals surface area contributed by atoms with Gasteiger partial charge in [-0.2, -0.15) is 0 Å². The van der Waals surface area contributed by atoms with Crippen molar-refractivity contribution in [1.82, 2.24) is 18.7 Å². The summed E-state index contributed by atoms with van der Waals surface area (Å²) in [6.07, 6.45) is 0. The quantitative estimate of drug-likeness (QED) is 0.213. The molecule has 35 heavy (non-hydrogen) atoms. The zero-order chi connectivity index (χ0) is 25.7. The number of rotatable bonds is 2. The average molecular weight is 558 g/mol. The minimum atomic E-state index is 0. The summed E-state index contributed by atoms with van der Waals surface area (Å²) in [5.74, 6) is 0. The van der Waals surface area contributed by atoms with Crippen molar-refractivity contribution in [2.75, 3.05) is 0 Å². The number of aromatic nitrogens is 4. The van der Waals surface area contributed by atoms with Crippen LogP contribution < -0.4 is 11.1 Å². The van der Waals surface area contributed by atoms with Gasteiger partial charge in [-0.3, -0.25) is 19.0 Å². The second kappa shape index (κ2) is 16.2. The van der Waals surface area contributed by atoms with Crippen molar-refractivity contribution < 1.29 is 19.5 Å². The SMILES string of the molecule is Cc1cc(=O)n(-c2ccccc2)n1C.Cc1cc(=O)n(-c2ccccc2)n1C.N#C[S-].N#C[S-].[Zn+2]. The predicted octanol–water partition coefficient (Wildman–Crippen LogP) is 3.00. The molecular formula is C24H24N6O2S2Zn. The van der Waals surface area contributed by atoms with Crippen molar-refractivity contribution in [1.29, 1.82) is 10.5 Å². The molecule has 2 aromatic heterocycles. The standard InChI is InChI=1S/2C11H12N2O.2CHNS.Zn/c2*1-9-8-11(14)13(12(9)2)10-6-4-3-5-7-10;2*2-1-3;/h2*3-8H,1-2H3;2*3H;/q;;;;+2/p-2. The van der Waals surface area contributed by atoms with Gasteiger partial charge in [0.1, 0.15) is 0 Å². The largest absolute Gasteiger partial charge is 2.00 e. The van der Waals surface area contributed by atoms with Crippen LogP contribution in [-0.2, 0) is 58.8 Å². The van der Waals surface area contributed by atoms with E-state index in [1.54, 1.807) is 21.5 Å². The van der Waals surface area contributed by atoms with Crippen molar-refractivity contribution in [2.45, 2.75) is 13.8 Å². The van der Waals surface area contributed by atoms with Crippen LogP contribution in [0.4, 0.5) is 0 Å². The van der Waals surface area contributed by atoms with E-state index >= 15 is 0 Å². The summed E-state index contributed by atoms with van der Waals surface area (Å²) < 4.78 is 6.99. The summed E-state index contributed by atoms with van der Waals surface area (Å²) in [5, 5.41) is 16.9. The van der Waals surface area contributed by atoms with Crippen molar-refractivity contribution in [3.63, 3.8) is 0 Å². The molecule has 0 spiro atoms. The van der Waals surface area contributed by atoms with E-state index in [0.717, 1.165) is 22.8 Å². The number of hydrogen-bond donors (Lipinski definition) is 0. The van der Waals surface area contributed by atoms with E-state index in [2.05, 4.69) is 25.3 Å². The summed E-state index contributed by atoms with van der Waals surface area (Å²) in [5.41, 5.74) is 3.73. The fraction of sp³-hybridized carbons (Fsp3) is 0.167. The van der Waals surface area contributed by atoms with Crippen LogP contribution >= 0.6 is 0 Å². The van der Waals surface area contributed by atoms with Crippen LogP contribution in [0.5, 0.6) is 0 Å². The van der Waals surface area contributed by atoms with Gasteiger partial charge in [0.25, 0.3) is 11.1 Å². The maximum absolute atomic E-state index is 11.6. The fourth-order valence-electron chi connectivity index (χ4n) is 3.02. The summed E-state index contributed by atoms with van der Waals surface area (Å²) >= 11 is 7.40. The van der Waals surface area contributed by atoms with Crippen molar-refractivity contribution in [2.24, 2.45) is 14.1 Å². The van der Waals surface area contributed by atoms with Gasteiger partial charge in [-0.05, 0) is 38.1 Å². The Kier molecular flexibility index (Phi) is 14.6. The fourth-order valence-corrected chi connectivity index (χ4v) is 3.02. The number of nitrogens with zero attached hydrogens (tertiary/aromatic N) is 6. The normalized spacial score (nSPS) is 8.74. The molecule has 0 aliphatic rings. The molecule has 4 aromatic rings. The molecule has 0 saturated carbocycles. The van der Waals surface area contributed by atoms with Crippen LogP contribution in [0.25, 0.3) is 11.4 Å². The minimum absolute atomic E-state index is 0. The van der Waals surface area contributed by atoms with Crippen LogP contribution in [0, 0.1) is 35.2 Å². The molecule has 0 bridgehead atoms. The molecule has 0 fully saturated rings. The molecule has 0 N–H and O–H groups in total. The second-order valence-corrected chi connectivity index (χ2v) is 7.14. The van der Waals surface area contributed by atoms with E-state index in [1.165, 1.54) is 10.8 Å². The smallest absolute Gasteiger partial charge is 0.696 e. The molecule has 176 valence electrons. The first-order chi connectivity index (χ1) is 16.2. The molecule has 11 heteroatoms. The van der Waals surface area contributed by atoms with E-state index < -0.39 is 0 Å². The molecular weight excluding hydrogens is 534 g/mol. The third-order valence-corrected chi connectivity index (χ3v) is 4.70. The molecule has 0 aliphatic carbocycles. The average Bonchev–Trinajstić information content (AvgIpc) is 3.22. The molecule has 2 aromatic carbocycles. The predicted molar refractivity (Wildman–Crippen MR) is 137 cm³/mol. The molecule has 0 amide bonds. The van der Waals surface area contributed by atoms with Crippen molar-refractivity contribution in [3.8, 4) is 22.2 Å². The molecule has 0 unspecified atom stereocenters. The van der Waals surface area contributed by atoms with E-state index in [4.69, 9.17) is 10.5 Å². The van der Waals surface area contributed by atoms with Crippen molar-refractivity contribution in [3.05, 3.63) is 105 Å². The Morgan fingerprint density at radius 2 is 0.914 bits per heavy atom. The second-order valence-electron chi connectivity index (χ2n) is 6.77. The van der Waals surface area contributed by atoms with E-state index in [1.807, 2.05) is 98.0 Å². The van der Waals surface area contributed by atoms with Crippen LogP contribution in [0.1, 0.15) is 11.4 Å². The number of hydrogen-bond acceptors (Lipinski definition) is 6. The van der Waals surface area contributed by atoms with Gasteiger partial charge >= 0.3 is 19.5 Å². The van der Waals surface area contributed by atoms with Crippen LogP contribution in [0.3, 0.4) is 0 Å². The maximum atomic E-state index is 11.6. The van der Waals surface area contributed by atoms with E-state index in [-0.39, 0.29) is 30.6 Å². The number of benzene rings is 2. The Hall–Kier alpha value is -3.50. The molecule has 0 radical (unpaired) electrons. The van der Waals surface area contributed by atoms with E-state index in [9.17, 15) is 9.59 Å². The first-order valence-electron chi connectivity index (χ1n) is 9.88. The van der Waals surface area contributed by atoms with Gasteiger partial charge in [-0.15, -0.1) is 0 Å². The molecule has 0 atom stereocenters. The van der Waals surface area contributed by atoms with Gasteiger partial charge in [0.2, 0.25) is 0 Å². The Balaban J connectivity index is 0.000000528. The van der Waals surface area contributed by atoms with Gasteiger partial charge in [-0.1, -0.05) is 47.2 Å². The number of nitriles is 2. The summed E-state index contributed by atoms with van der Waals surface area (Å²) in [7, 11) is 3.76. The maximum Gasteiger partial charge on any atom is 2.00 e. The van der Waals surface area contributed by atoms with Gasteiger partial charge in [0.15, 0.2) is 0 Å². The summed E-state index contributed by atoms with van der Waals surface area (Å²) in [6.45, 7) is 3.84. The first kappa shape index (κ1) is 31.5. The van der Waals surface area contributed by atoms with Gasteiger partial charge < -0.3 is 25.3 Å². The topological polar surface area (TPSA) is 101 Å². The zero-order valence-corrected chi connectivity index (χ0v) is 24.6. The van der Waals surface area contributed by atoms with E-state index in [0.29, 0.717) is 0 Å². The molecule has 8 nitrogen and oxygen atoms in total. The van der Waals surface area contributed by atoms with Gasteiger partial charge in [0.05, 0.1) is 11.4 Å². The Morgan fingerprint density at radius 3 is 1.11 bits per heavy atom. The van der Waals surface area contributed by atoms with Crippen LogP contribution in [0.2, 0.25) is 0 Å². The van der Waals surface area contributed by atoms with Crippen molar-refractivity contribution >= 4 is 25.3 Å². The molecule has 2 heterocycles. The minimum Gasteiger partial charge on any atom is -0.696 e. The number of para-hydroxylation sites is 2. The summed E-state index contributed by atoms with van der Waals surface area (Å²) in [6, 6.07) is 22.5. The Bertz CT molecular complexity index is 1270. The van der Waals surface area contributed by atoms with Gasteiger partial charge in [-0.25, -0.2) is 19.9 Å². The van der Waals surface area contributed by atoms with Gasteiger partial charge in [0, 0.05) is 37.6 Å². The zero-order valence-electron chi connectivity index (χ0n) is 20.0. The molecule has 4 rings (SSSR count).